The minimum absolute atomic E-state index is 0.0213. The Labute approximate surface area is 92.6 Å². The molecule has 0 aliphatic carbocycles. The lowest BCUT2D eigenvalue weighted by Crippen LogP contribution is -2.03. The van der Waals surface area contributed by atoms with Crippen LogP contribution in [0.5, 0.6) is 0 Å². The van der Waals surface area contributed by atoms with Gasteiger partial charge >= 0.3 is 5.97 Å². The number of carboxylic acid groups (broad SMARTS) is 1. The first-order valence-corrected chi connectivity index (χ1v) is 4.90. The lowest BCUT2D eigenvalue weighted by molar-refractivity contribution is -0.131. The monoisotopic (exact) mass is 217 g/mol. The van der Waals surface area contributed by atoms with Crippen molar-refractivity contribution in [1.29, 1.82) is 0 Å². The molecule has 82 valence electrons. The molecule has 4 heteroatoms. The molecule has 0 spiro atoms. The molecule has 0 unspecified atom stereocenters. The molecule has 1 aromatic rings. The molecular formula is C12H11NO3. The molecule has 0 atom stereocenters. The fourth-order valence-electron chi connectivity index (χ4n) is 1.74. The number of benzene rings is 1. The van der Waals surface area contributed by atoms with Gasteiger partial charge in [0, 0.05) is 11.8 Å². The summed E-state index contributed by atoms with van der Waals surface area (Å²) in [7, 11) is 0. The lowest BCUT2D eigenvalue weighted by atomic mass is 10.0. The summed E-state index contributed by atoms with van der Waals surface area (Å²) < 4.78 is 0. The Kier molecular flexibility index (Phi) is 2.48. The number of carbonyl (C=O) groups excluding carboxylic acids is 1. The van der Waals surface area contributed by atoms with Crippen LogP contribution in [0.4, 0.5) is 5.69 Å². The van der Waals surface area contributed by atoms with Crippen LogP contribution in [0.3, 0.4) is 0 Å². The van der Waals surface area contributed by atoms with Gasteiger partial charge in [0.15, 0.2) is 0 Å². The number of carbonyl (C=O) groups is 2. The Morgan fingerprint density at radius 1 is 1.50 bits per heavy atom. The largest absolute Gasteiger partial charge is 0.478 e. The molecular weight excluding hydrogens is 206 g/mol. The number of allylic oxidation sites excluding steroid dienone is 1. The van der Waals surface area contributed by atoms with E-state index in [1.807, 2.05) is 6.07 Å². The van der Waals surface area contributed by atoms with Crippen LogP contribution < -0.4 is 5.32 Å². The minimum Gasteiger partial charge on any atom is -0.478 e. The maximum absolute atomic E-state index is 11.1. The summed E-state index contributed by atoms with van der Waals surface area (Å²) in [6.45, 7) is 1.74. The molecule has 0 bridgehead atoms. The first kappa shape index (κ1) is 10.4. The number of anilines is 1. The summed E-state index contributed by atoms with van der Waals surface area (Å²) in [4.78, 5) is 21.7. The molecule has 0 saturated carbocycles. The fraction of sp³-hybridized carbons (Fsp3) is 0.167. The van der Waals surface area contributed by atoms with Gasteiger partial charge in [0.05, 0.1) is 6.42 Å². The Morgan fingerprint density at radius 3 is 2.94 bits per heavy atom. The van der Waals surface area contributed by atoms with Crippen molar-refractivity contribution in [2.24, 2.45) is 0 Å². The van der Waals surface area contributed by atoms with Gasteiger partial charge in [-0.25, -0.2) is 4.79 Å². The molecule has 0 saturated heterocycles. The van der Waals surface area contributed by atoms with E-state index in [-0.39, 0.29) is 5.91 Å². The highest BCUT2D eigenvalue weighted by atomic mass is 16.4. The van der Waals surface area contributed by atoms with E-state index in [4.69, 9.17) is 5.11 Å². The van der Waals surface area contributed by atoms with Crippen molar-refractivity contribution in [1.82, 2.24) is 0 Å². The van der Waals surface area contributed by atoms with Gasteiger partial charge in [0.2, 0.25) is 5.91 Å². The van der Waals surface area contributed by atoms with E-state index >= 15 is 0 Å². The summed E-state index contributed by atoms with van der Waals surface area (Å²) in [5, 5.41) is 11.4. The average molecular weight is 217 g/mol. The molecule has 16 heavy (non-hydrogen) atoms. The highest BCUT2D eigenvalue weighted by Crippen LogP contribution is 2.26. The van der Waals surface area contributed by atoms with Crippen LogP contribution in [-0.4, -0.2) is 17.0 Å². The second-order valence-corrected chi connectivity index (χ2v) is 3.76. The van der Waals surface area contributed by atoms with Crippen LogP contribution in [0.2, 0.25) is 0 Å². The van der Waals surface area contributed by atoms with E-state index < -0.39 is 5.97 Å². The van der Waals surface area contributed by atoms with Crippen molar-refractivity contribution in [3.05, 3.63) is 35.4 Å². The van der Waals surface area contributed by atoms with Crippen LogP contribution in [0.15, 0.2) is 24.3 Å². The van der Waals surface area contributed by atoms with Crippen LogP contribution in [-0.2, 0) is 16.0 Å². The zero-order chi connectivity index (χ0) is 11.7. The number of hydrogen-bond acceptors (Lipinski definition) is 2. The molecule has 0 aromatic heterocycles. The normalized spacial score (nSPS) is 14.6. The molecule has 1 amide bonds. The van der Waals surface area contributed by atoms with Gasteiger partial charge in [0.1, 0.15) is 0 Å². The Hall–Kier alpha value is -2.10. The molecule has 2 N–H and O–H groups in total. The number of nitrogens with one attached hydrogen (secondary N) is 1. The van der Waals surface area contributed by atoms with Gasteiger partial charge in [-0.05, 0) is 35.8 Å². The second kappa shape index (κ2) is 3.81. The smallest absolute Gasteiger partial charge is 0.328 e. The van der Waals surface area contributed by atoms with Gasteiger partial charge < -0.3 is 10.4 Å². The minimum atomic E-state index is -0.966. The van der Waals surface area contributed by atoms with Crippen molar-refractivity contribution in [2.75, 3.05) is 5.32 Å². The average Bonchev–Trinajstić information content (AvgIpc) is 2.55. The molecule has 1 aliphatic rings. The van der Waals surface area contributed by atoms with Crippen molar-refractivity contribution in [3.8, 4) is 0 Å². The lowest BCUT2D eigenvalue weighted by Gasteiger charge is -2.03. The van der Waals surface area contributed by atoms with Crippen LogP contribution in [0.1, 0.15) is 18.1 Å². The number of carboxylic acids is 1. The highest BCUT2D eigenvalue weighted by molar-refractivity contribution is 5.99. The van der Waals surface area contributed by atoms with Gasteiger partial charge in [-0.1, -0.05) is 6.07 Å². The molecule has 4 nitrogen and oxygen atoms in total. The van der Waals surface area contributed by atoms with Gasteiger partial charge in [-0.2, -0.15) is 0 Å². The summed E-state index contributed by atoms with van der Waals surface area (Å²) in [6.07, 6.45) is 1.52. The summed E-state index contributed by atoms with van der Waals surface area (Å²) in [5.74, 6) is -0.987. The van der Waals surface area contributed by atoms with Crippen molar-refractivity contribution in [3.63, 3.8) is 0 Å². The number of fused-ring (bicyclic) bond motifs is 1. The molecule has 1 aromatic carbocycles. The second-order valence-electron chi connectivity index (χ2n) is 3.76. The van der Waals surface area contributed by atoms with Crippen LogP contribution in [0, 0.1) is 0 Å². The molecule has 0 fully saturated rings. The SMILES string of the molecule is C/C(=C\C(=O)O)c1ccc2c(c1)CC(=O)N2. The van der Waals surface area contributed by atoms with Crippen LogP contribution in [0.25, 0.3) is 5.57 Å². The number of hydrogen-bond donors (Lipinski definition) is 2. The Balaban J connectivity index is 2.36. The quantitative estimate of drug-likeness (QED) is 0.740. The number of rotatable bonds is 2. The van der Waals surface area contributed by atoms with E-state index in [1.165, 1.54) is 0 Å². The van der Waals surface area contributed by atoms with E-state index in [0.29, 0.717) is 12.0 Å². The van der Waals surface area contributed by atoms with Crippen molar-refractivity contribution >= 4 is 23.1 Å². The molecule has 0 radical (unpaired) electrons. The highest BCUT2D eigenvalue weighted by Gasteiger charge is 2.17. The van der Waals surface area contributed by atoms with Crippen LogP contribution >= 0.6 is 0 Å². The zero-order valence-electron chi connectivity index (χ0n) is 8.78. The summed E-state index contributed by atoms with van der Waals surface area (Å²) in [5.41, 5.74) is 3.24. The third-order valence-corrected chi connectivity index (χ3v) is 2.53. The topological polar surface area (TPSA) is 66.4 Å². The van der Waals surface area contributed by atoms with E-state index in [9.17, 15) is 9.59 Å². The third-order valence-electron chi connectivity index (χ3n) is 2.53. The van der Waals surface area contributed by atoms with Crippen molar-refractivity contribution in [2.45, 2.75) is 13.3 Å². The van der Waals surface area contributed by atoms with Crippen molar-refractivity contribution < 1.29 is 14.7 Å². The zero-order valence-corrected chi connectivity index (χ0v) is 8.78. The molecule has 1 aliphatic heterocycles. The van der Waals surface area contributed by atoms with E-state index in [2.05, 4.69) is 5.32 Å². The predicted molar refractivity (Wildman–Crippen MR) is 60.1 cm³/mol. The van der Waals surface area contributed by atoms with Gasteiger partial charge in [-0.15, -0.1) is 0 Å². The molecule has 2 rings (SSSR count). The van der Waals surface area contributed by atoms with Gasteiger partial charge in [-0.3, -0.25) is 4.79 Å². The van der Waals surface area contributed by atoms with E-state index in [0.717, 1.165) is 22.9 Å². The first-order chi connectivity index (χ1) is 7.56. The summed E-state index contributed by atoms with van der Waals surface area (Å²) in [6, 6.07) is 5.45. The van der Waals surface area contributed by atoms with E-state index in [1.54, 1.807) is 19.1 Å². The maximum Gasteiger partial charge on any atom is 0.328 e. The third kappa shape index (κ3) is 1.95. The molecule has 1 heterocycles. The standard InChI is InChI=1S/C12H11NO3/c1-7(4-12(15)16)8-2-3-10-9(5-8)6-11(14)13-10/h2-5H,6H2,1H3,(H,13,14)(H,15,16)/b7-4+. The predicted octanol–water partition coefficient (Wildman–Crippen LogP) is 1.67. The summed E-state index contributed by atoms with van der Waals surface area (Å²) >= 11 is 0. The fourth-order valence-corrected chi connectivity index (χ4v) is 1.74. The Bertz CT molecular complexity index is 503. The Morgan fingerprint density at radius 2 is 2.25 bits per heavy atom. The number of amides is 1. The van der Waals surface area contributed by atoms with Gasteiger partial charge in [0.25, 0.3) is 0 Å². The first-order valence-electron chi connectivity index (χ1n) is 4.90. The number of aliphatic carboxylic acids is 1. The maximum atomic E-state index is 11.1.